The summed E-state index contributed by atoms with van der Waals surface area (Å²) in [4.78, 5) is 16.2. The van der Waals surface area contributed by atoms with Gasteiger partial charge in [-0.2, -0.15) is 0 Å². The summed E-state index contributed by atoms with van der Waals surface area (Å²) in [6.07, 6.45) is 5.11. The predicted molar refractivity (Wildman–Crippen MR) is 119 cm³/mol. The zero-order valence-electron chi connectivity index (χ0n) is 18.7. The quantitative estimate of drug-likeness (QED) is 0.254. The third-order valence-corrected chi connectivity index (χ3v) is 5.36. The van der Waals surface area contributed by atoms with E-state index in [1.807, 2.05) is 12.1 Å². The fraction of sp³-hybridized carbons (Fsp3) is 0.565. The lowest BCUT2D eigenvalue weighted by molar-refractivity contribution is -0.124. The lowest BCUT2D eigenvalue weighted by atomic mass is 9.89. The molecule has 0 spiro atoms. The Morgan fingerprint density at radius 3 is 2.55 bits per heavy atom. The van der Waals surface area contributed by atoms with Gasteiger partial charge in [0.25, 0.3) is 5.91 Å². The number of hydrogen-bond donors (Lipinski definition) is 3. The molecule has 29 heavy (non-hydrogen) atoms. The van der Waals surface area contributed by atoms with Crippen LogP contribution in [0.25, 0.3) is 17.1 Å². The predicted octanol–water partition coefficient (Wildman–Crippen LogP) is 4.27. The Morgan fingerprint density at radius 1 is 1.21 bits per heavy atom. The SMILES string of the molecule is CCC(C)(C)c1nc2cc(C=CC(=O)NO)ccc2n1CCNCCC(C)(C)C. The largest absolute Gasteiger partial charge is 0.326 e. The van der Waals surface area contributed by atoms with Crippen LogP contribution in [0.15, 0.2) is 24.3 Å². The molecular weight excluding hydrogens is 364 g/mol. The highest BCUT2D eigenvalue weighted by atomic mass is 16.5. The molecule has 2 rings (SSSR count). The maximum absolute atomic E-state index is 11.2. The highest BCUT2D eigenvalue weighted by Gasteiger charge is 2.26. The Balaban J connectivity index is 2.27. The smallest absolute Gasteiger partial charge is 0.267 e. The topological polar surface area (TPSA) is 79.2 Å². The van der Waals surface area contributed by atoms with E-state index < -0.39 is 5.91 Å². The minimum absolute atomic E-state index is 0.0305. The number of carbonyl (C=O) groups excluding carboxylic acids is 1. The molecule has 0 aliphatic heterocycles. The monoisotopic (exact) mass is 400 g/mol. The van der Waals surface area contributed by atoms with Gasteiger partial charge in [0.2, 0.25) is 0 Å². The number of benzene rings is 1. The highest BCUT2D eigenvalue weighted by Crippen LogP contribution is 2.30. The summed E-state index contributed by atoms with van der Waals surface area (Å²) < 4.78 is 2.32. The zero-order chi connectivity index (χ0) is 21.7. The molecule has 0 aliphatic rings. The van der Waals surface area contributed by atoms with E-state index in [2.05, 4.69) is 57.5 Å². The van der Waals surface area contributed by atoms with Gasteiger partial charge in [-0.25, -0.2) is 10.5 Å². The van der Waals surface area contributed by atoms with E-state index in [0.717, 1.165) is 54.9 Å². The molecule has 0 atom stereocenters. The second-order valence-electron chi connectivity index (χ2n) is 9.44. The lowest BCUT2D eigenvalue weighted by Gasteiger charge is -2.24. The standard InChI is InChI=1S/C23H36N4O2/c1-7-23(5,6)21-25-18-16-17(9-11-20(28)26-29)8-10-19(18)27(21)15-14-24-13-12-22(2,3)4/h8-11,16,24,29H,7,12-15H2,1-6H3,(H,26,28). The molecule has 0 unspecified atom stereocenters. The summed E-state index contributed by atoms with van der Waals surface area (Å²) >= 11 is 0. The zero-order valence-corrected chi connectivity index (χ0v) is 18.7. The van der Waals surface area contributed by atoms with Crippen LogP contribution < -0.4 is 10.8 Å². The van der Waals surface area contributed by atoms with Gasteiger partial charge in [0, 0.05) is 24.6 Å². The molecule has 160 valence electrons. The first kappa shape index (κ1) is 23.1. The van der Waals surface area contributed by atoms with Crippen LogP contribution in [-0.4, -0.2) is 33.8 Å². The Kier molecular flexibility index (Phi) is 7.60. The van der Waals surface area contributed by atoms with Crippen LogP contribution in [0.5, 0.6) is 0 Å². The Morgan fingerprint density at radius 2 is 1.93 bits per heavy atom. The average Bonchev–Trinajstić information content (AvgIpc) is 3.03. The summed E-state index contributed by atoms with van der Waals surface area (Å²) in [6, 6.07) is 6.01. The van der Waals surface area contributed by atoms with Gasteiger partial charge >= 0.3 is 0 Å². The summed E-state index contributed by atoms with van der Waals surface area (Å²) in [5.41, 5.74) is 4.80. The Hall–Kier alpha value is -2.18. The van der Waals surface area contributed by atoms with E-state index in [9.17, 15) is 4.79 Å². The minimum atomic E-state index is -0.551. The number of imidazole rings is 1. The maximum atomic E-state index is 11.2. The van der Waals surface area contributed by atoms with Crippen LogP contribution in [0, 0.1) is 5.41 Å². The minimum Gasteiger partial charge on any atom is -0.326 e. The van der Waals surface area contributed by atoms with Crippen molar-refractivity contribution in [3.05, 3.63) is 35.7 Å². The second kappa shape index (κ2) is 9.55. The summed E-state index contributed by atoms with van der Waals surface area (Å²) in [6.45, 7) is 16.2. The Labute approximate surface area is 174 Å². The highest BCUT2D eigenvalue weighted by molar-refractivity contribution is 5.91. The van der Waals surface area contributed by atoms with Crippen molar-refractivity contribution < 1.29 is 10.0 Å². The van der Waals surface area contributed by atoms with Crippen molar-refractivity contribution >= 4 is 23.0 Å². The first-order chi connectivity index (χ1) is 13.6. The van der Waals surface area contributed by atoms with E-state index in [4.69, 9.17) is 10.2 Å². The van der Waals surface area contributed by atoms with Crippen LogP contribution in [0.3, 0.4) is 0 Å². The normalized spacial score (nSPS) is 12.8. The molecule has 0 saturated heterocycles. The van der Waals surface area contributed by atoms with Crippen LogP contribution in [-0.2, 0) is 16.8 Å². The third-order valence-electron chi connectivity index (χ3n) is 5.36. The molecule has 0 aliphatic carbocycles. The fourth-order valence-corrected chi connectivity index (χ4v) is 3.14. The number of carbonyl (C=O) groups is 1. The molecule has 1 aromatic heterocycles. The molecule has 2 aromatic rings. The number of nitrogens with zero attached hydrogens (tertiary/aromatic N) is 2. The molecule has 6 heteroatoms. The first-order valence-electron chi connectivity index (χ1n) is 10.4. The molecule has 1 aromatic carbocycles. The molecule has 0 bridgehead atoms. The van der Waals surface area contributed by atoms with Crippen LogP contribution in [0.2, 0.25) is 0 Å². The van der Waals surface area contributed by atoms with Crippen LogP contribution >= 0.6 is 0 Å². The van der Waals surface area contributed by atoms with Crippen molar-refractivity contribution in [3.63, 3.8) is 0 Å². The van der Waals surface area contributed by atoms with Crippen molar-refractivity contribution in [2.24, 2.45) is 5.41 Å². The van der Waals surface area contributed by atoms with Crippen LogP contribution in [0.1, 0.15) is 65.8 Å². The molecule has 6 nitrogen and oxygen atoms in total. The van der Waals surface area contributed by atoms with Gasteiger partial charge in [-0.1, -0.05) is 47.6 Å². The summed E-state index contributed by atoms with van der Waals surface area (Å²) in [5.74, 6) is 0.534. The average molecular weight is 401 g/mol. The molecule has 0 saturated carbocycles. The van der Waals surface area contributed by atoms with Gasteiger partial charge in [0.15, 0.2) is 0 Å². The lowest BCUT2D eigenvalue weighted by Crippen LogP contribution is -2.27. The van der Waals surface area contributed by atoms with Crippen molar-refractivity contribution in [1.29, 1.82) is 0 Å². The van der Waals surface area contributed by atoms with Gasteiger partial charge in [-0.3, -0.25) is 10.0 Å². The van der Waals surface area contributed by atoms with E-state index in [1.165, 1.54) is 6.08 Å². The van der Waals surface area contributed by atoms with E-state index in [1.54, 1.807) is 11.6 Å². The first-order valence-corrected chi connectivity index (χ1v) is 10.4. The fourth-order valence-electron chi connectivity index (χ4n) is 3.14. The number of aromatic nitrogens is 2. The number of amides is 1. The molecule has 0 fully saturated rings. The Bertz CT molecular complexity index is 860. The van der Waals surface area contributed by atoms with Crippen molar-refractivity contribution in [2.45, 2.75) is 66.3 Å². The third kappa shape index (κ3) is 6.41. The van der Waals surface area contributed by atoms with Gasteiger partial charge in [-0.05, 0) is 48.6 Å². The molecule has 3 N–H and O–H groups in total. The maximum Gasteiger partial charge on any atom is 0.267 e. The van der Waals surface area contributed by atoms with Crippen molar-refractivity contribution in [3.8, 4) is 0 Å². The van der Waals surface area contributed by atoms with Gasteiger partial charge in [0.05, 0.1) is 11.0 Å². The number of rotatable bonds is 9. The van der Waals surface area contributed by atoms with Crippen molar-refractivity contribution in [2.75, 3.05) is 13.1 Å². The second-order valence-corrected chi connectivity index (χ2v) is 9.44. The van der Waals surface area contributed by atoms with Crippen LogP contribution in [0.4, 0.5) is 0 Å². The number of hydrogen-bond acceptors (Lipinski definition) is 4. The molecular formula is C23H36N4O2. The summed E-state index contributed by atoms with van der Waals surface area (Å²) in [5, 5.41) is 12.2. The number of hydroxylamine groups is 1. The van der Waals surface area contributed by atoms with Crippen molar-refractivity contribution in [1.82, 2.24) is 20.3 Å². The summed E-state index contributed by atoms with van der Waals surface area (Å²) in [7, 11) is 0. The van der Waals surface area contributed by atoms with Gasteiger partial charge < -0.3 is 9.88 Å². The van der Waals surface area contributed by atoms with Gasteiger partial charge in [-0.15, -0.1) is 0 Å². The molecule has 1 amide bonds. The van der Waals surface area contributed by atoms with E-state index >= 15 is 0 Å². The molecule has 0 radical (unpaired) electrons. The van der Waals surface area contributed by atoms with Gasteiger partial charge in [0.1, 0.15) is 5.82 Å². The van der Waals surface area contributed by atoms with E-state index in [-0.39, 0.29) is 5.41 Å². The van der Waals surface area contributed by atoms with E-state index in [0.29, 0.717) is 5.41 Å². The number of fused-ring (bicyclic) bond motifs is 1. The number of nitrogens with one attached hydrogen (secondary N) is 2. The molecule has 1 heterocycles.